The highest BCUT2D eigenvalue weighted by Crippen LogP contribution is 2.43. The van der Waals surface area contributed by atoms with E-state index in [2.05, 4.69) is 45.2 Å². The summed E-state index contributed by atoms with van der Waals surface area (Å²) in [5.41, 5.74) is 4.08. The zero-order chi connectivity index (χ0) is 14.7. The van der Waals surface area contributed by atoms with E-state index >= 15 is 0 Å². The van der Waals surface area contributed by atoms with E-state index in [9.17, 15) is 4.79 Å². The van der Waals surface area contributed by atoms with Gasteiger partial charge < -0.3 is 0 Å². The number of rotatable bonds is 3. The second-order valence-electron chi connectivity index (χ2n) is 7.23. The van der Waals surface area contributed by atoms with Gasteiger partial charge in [-0.2, -0.15) is 0 Å². The van der Waals surface area contributed by atoms with Crippen LogP contribution in [0.1, 0.15) is 60.3 Å². The summed E-state index contributed by atoms with van der Waals surface area (Å²) >= 11 is 0. The molecule has 1 N–H and O–H groups in total. The lowest BCUT2D eigenvalue weighted by atomic mass is 9.66. The van der Waals surface area contributed by atoms with E-state index < -0.39 is 0 Å². The minimum absolute atomic E-state index is 0.154. The van der Waals surface area contributed by atoms with Gasteiger partial charge in [0.1, 0.15) is 5.78 Å². The maximum atomic E-state index is 11.9. The van der Waals surface area contributed by atoms with Gasteiger partial charge in [0.15, 0.2) is 0 Å². The average Bonchev–Trinajstić information content (AvgIpc) is 2.39. The largest absolute Gasteiger partial charge is 0.300 e. The van der Waals surface area contributed by atoms with Crippen LogP contribution in [0.4, 0.5) is 0 Å². The lowest BCUT2D eigenvalue weighted by Gasteiger charge is -2.39. The van der Waals surface area contributed by atoms with Gasteiger partial charge in [0.05, 0.1) is 0 Å². The van der Waals surface area contributed by atoms with Crippen LogP contribution in [-0.2, 0) is 4.79 Å². The molecule has 0 radical (unpaired) electrons. The normalized spacial score (nSPS) is 38.3. The van der Waals surface area contributed by atoms with Gasteiger partial charge in [0.2, 0.25) is 0 Å². The smallest absolute Gasteiger partial charge is 0.134 e. The third-order valence-electron chi connectivity index (χ3n) is 5.14. The number of nitrogens with zero attached hydrogens (tertiary/aromatic N) is 1. The molecule has 3 atom stereocenters. The fourth-order valence-corrected chi connectivity index (χ4v) is 3.34. The van der Waals surface area contributed by atoms with Gasteiger partial charge in [-0.1, -0.05) is 34.1 Å². The molecule has 1 rings (SSSR count). The molecule has 3 heteroatoms. The molecule has 1 unspecified atom stereocenters. The molecule has 1 saturated heterocycles. The van der Waals surface area contributed by atoms with Crippen molar-refractivity contribution in [2.24, 2.45) is 16.7 Å². The van der Waals surface area contributed by atoms with E-state index in [0.29, 0.717) is 11.2 Å². The lowest BCUT2D eigenvalue weighted by molar-refractivity contribution is -0.122. The minimum atomic E-state index is 0.154. The standard InChI is InChI=1S/C16H32N2O/c1-7-15(4)9-14(13(3)19)10-18(6)17-12-16(5,8-2)11-15/h14,17H,7-12H2,1-6H3/t14?,15-,16-/m1/s1. The van der Waals surface area contributed by atoms with Crippen molar-refractivity contribution in [2.75, 3.05) is 20.1 Å². The molecule has 0 aromatic heterocycles. The van der Waals surface area contributed by atoms with Crippen LogP contribution >= 0.6 is 0 Å². The first-order chi connectivity index (χ1) is 8.73. The summed E-state index contributed by atoms with van der Waals surface area (Å²) in [7, 11) is 2.06. The van der Waals surface area contributed by atoms with Gasteiger partial charge >= 0.3 is 0 Å². The molecule has 0 aromatic rings. The Morgan fingerprint density at radius 1 is 1.26 bits per heavy atom. The summed E-state index contributed by atoms with van der Waals surface area (Å²) in [5, 5.41) is 2.11. The number of hydrogen-bond acceptors (Lipinski definition) is 3. The number of Topliss-reactive ketones (excluding diaryl/α,β-unsaturated/α-hetero) is 1. The zero-order valence-corrected chi connectivity index (χ0v) is 13.7. The SMILES string of the molecule is CC[C@@]1(C)CNN(C)CC(C(C)=O)C[C@@](C)(CC)C1. The van der Waals surface area contributed by atoms with E-state index in [-0.39, 0.29) is 11.3 Å². The van der Waals surface area contributed by atoms with E-state index in [4.69, 9.17) is 0 Å². The van der Waals surface area contributed by atoms with Gasteiger partial charge in [-0.25, -0.2) is 5.01 Å². The van der Waals surface area contributed by atoms with Crippen molar-refractivity contribution in [3.05, 3.63) is 0 Å². The Labute approximate surface area is 119 Å². The molecule has 19 heavy (non-hydrogen) atoms. The molecule has 0 aromatic carbocycles. The Morgan fingerprint density at radius 2 is 1.84 bits per heavy atom. The summed E-state index contributed by atoms with van der Waals surface area (Å²) in [6.07, 6.45) is 4.53. The predicted octanol–water partition coefficient (Wildman–Crippen LogP) is 3.25. The zero-order valence-electron chi connectivity index (χ0n) is 13.7. The third-order valence-corrected chi connectivity index (χ3v) is 5.14. The van der Waals surface area contributed by atoms with Crippen LogP contribution < -0.4 is 5.43 Å². The van der Waals surface area contributed by atoms with Crippen molar-refractivity contribution in [1.82, 2.24) is 10.4 Å². The van der Waals surface area contributed by atoms with Crippen LogP contribution in [0.5, 0.6) is 0 Å². The van der Waals surface area contributed by atoms with Gasteiger partial charge in [-0.15, -0.1) is 0 Å². The molecule has 1 aliphatic rings. The topological polar surface area (TPSA) is 32.3 Å². The fourth-order valence-electron chi connectivity index (χ4n) is 3.34. The van der Waals surface area contributed by atoms with Gasteiger partial charge in [-0.3, -0.25) is 10.2 Å². The summed E-state index contributed by atoms with van der Waals surface area (Å²) in [5.74, 6) is 0.482. The number of carbonyl (C=O) groups is 1. The molecule has 112 valence electrons. The van der Waals surface area contributed by atoms with Crippen molar-refractivity contribution >= 4 is 5.78 Å². The number of ketones is 1. The van der Waals surface area contributed by atoms with Gasteiger partial charge in [0.25, 0.3) is 0 Å². The highest BCUT2D eigenvalue weighted by Gasteiger charge is 2.37. The van der Waals surface area contributed by atoms with Crippen molar-refractivity contribution < 1.29 is 4.79 Å². The maximum Gasteiger partial charge on any atom is 0.134 e. The van der Waals surface area contributed by atoms with E-state index in [1.54, 1.807) is 6.92 Å². The van der Waals surface area contributed by atoms with E-state index in [0.717, 1.165) is 25.9 Å². The van der Waals surface area contributed by atoms with Gasteiger partial charge in [-0.05, 0) is 37.0 Å². The first kappa shape index (κ1) is 16.6. The van der Waals surface area contributed by atoms with Crippen LogP contribution in [0.15, 0.2) is 0 Å². The molecule has 3 nitrogen and oxygen atoms in total. The molecule has 0 aliphatic carbocycles. The summed E-state index contributed by atoms with van der Waals surface area (Å²) in [4.78, 5) is 11.9. The Bertz CT molecular complexity index is 318. The highest BCUT2D eigenvalue weighted by molar-refractivity contribution is 5.78. The highest BCUT2D eigenvalue weighted by atomic mass is 16.1. The second-order valence-corrected chi connectivity index (χ2v) is 7.23. The number of carbonyl (C=O) groups excluding carboxylic acids is 1. The Morgan fingerprint density at radius 3 is 2.32 bits per heavy atom. The predicted molar refractivity (Wildman–Crippen MR) is 80.8 cm³/mol. The Hall–Kier alpha value is -0.410. The van der Waals surface area contributed by atoms with Crippen molar-refractivity contribution in [1.29, 1.82) is 0 Å². The molecule has 0 saturated carbocycles. The fraction of sp³-hybridized carbons (Fsp3) is 0.938. The Balaban J connectivity index is 3.00. The summed E-state index contributed by atoms with van der Waals surface area (Å²) < 4.78 is 0. The van der Waals surface area contributed by atoms with Crippen LogP contribution in [0.3, 0.4) is 0 Å². The third kappa shape index (κ3) is 4.57. The minimum Gasteiger partial charge on any atom is -0.300 e. The molecule has 0 amide bonds. The number of hydrogen-bond donors (Lipinski definition) is 1. The molecular weight excluding hydrogens is 236 g/mol. The quantitative estimate of drug-likeness (QED) is 0.852. The lowest BCUT2D eigenvalue weighted by Crippen LogP contribution is -2.43. The molecule has 1 fully saturated rings. The van der Waals surface area contributed by atoms with Gasteiger partial charge in [0, 0.05) is 26.1 Å². The molecular formula is C16H32N2O. The summed E-state index contributed by atoms with van der Waals surface area (Å²) in [6, 6.07) is 0. The molecule has 1 aliphatic heterocycles. The number of nitrogens with one attached hydrogen (secondary N) is 1. The van der Waals surface area contributed by atoms with Crippen molar-refractivity contribution in [3.8, 4) is 0 Å². The number of hydrazine groups is 1. The van der Waals surface area contributed by atoms with E-state index in [1.807, 2.05) is 0 Å². The van der Waals surface area contributed by atoms with Crippen LogP contribution in [0.25, 0.3) is 0 Å². The average molecular weight is 268 g/mol. The van der Waals surface area contributed by atoms with Crippen molar-refractivity contribution in [2.45, 2.75) is 60.3 Å². The van der Waals surface area contributed by atoms with Crippen LogP contribution in [0, 0.1) is 16.7 Å². The van der Waals surface area contributed by atoms with Crippen LogP contribution in [-0.4, -0.2) is 30.9 Å². The Kier molecular flexibility index (Phi) is 5.57. The monoisotopic (exact) mass is 268 g/mol. The second kappa shape index (κ2) is 6.36. The molecule has 1 heterocycles. The van der Waals surface area contributed by atoms with E-state index in [1.165, 1.54) is 12.8 Å². The maximum absolute atomic E-state index is 11.9. The summed E-state index contributed by atoms with van der Waals surface area (Å²) in [6.45, 7) is 12.8. The van der Waals surface area contributed by atoms with Crippen LogP contribution in [0.2, 0.25) is 0 Å². The van der Waals surface area contributed by atoms with Crippen molar-refractivity contribution in [3.63, 3.8) is 0 Å². The molecule has 0 spiro atoms. The molecule has 0 bridgehead atoms. The first-order valence-electron chi connectivity index (χ1n) is 7.69. The first-order valence-corrected chi connectivity index (χ1v) is 7.69.